The first-order valence-electron chi connectivity index (χ1n) is 6.01. The fourth-order valence-corrected chi connectivity index (χ4v) is 2.85. The summed E-state index contributed by atoms with van der Waals surface area (Å²) in [6.07, 6.45) is 12.7. The molecule has 0 radical (unpaired) electrons. The average Bonchev–Trinajstić information content (AvgIpc) is 2.18. The van der Waals surface area contributed by atoms with E-state index in [4.69, 9.17) is 0 Å². The first-order chi connectivity index (χ1) is 6.81. The predicted octanol–water partition coefficient (Wildman–Crippen LogP) is 5.72. The van der Waals surface area contributed by atoms with Crippen LogP contribution in [0.15, 0.2) is 0 Å². The van der Waals surface area contributed by atoms with Gasteiger partial charge in [-0.25, -0.2) is 0 Å². The molecular weight excluding hydrogens is 351 g/mol. The molecule has 0 aliphatic heterocycles. The van der Waals surface area contributed by atoms with Crippen LogP contribution in [0.25, 0.3) is 0 Å². The summed E-state index contributed by atoms with van der Waals surface area (Å²) in [5.41, 5.74) is 0. The van der Waals surface area contributed by atoms with E-state index in [1.165, 1.54) is 63.1 Å². The molecule has 0 aromatic rings. The molecule has 0 nitrogen and oxygen atoms in total. The van der Waals surface area contributed by atoms with Crippen molar-refractivity contribution in [2.24, 2.45) is 0 Å². The van der Waals surface area contributed by atoms with E-state index >= 15 is 0 Å². The zero-order valence-corrected chi connectivity index (χ0v) is 13.1. The highest BCUT2D eigenvalue weighted by molar-refractivity contribution is 14.1. The summed E-state index contributed by atoms with van der Waals surface area (Å²) >= 11 is 6.11. The molecule has 1 unspecified atom stereocenters. The maximum Gasteiger partial charge on any atom is 0.0110 e. The molecule has 0 aliphatic rings. The van der Waals surface area contributed by atoms with Crippen LogP contribution >= 0.6 is 38.5 Å². The van der Waals surface area contributed by atoms with Gasteiger partial charge in [0, 0.05) is 9.25 Å². The summed E-state index contributed by atoms with van der Waals surface area (Å²) in [4.78, 5) is 0. The van der Waals surface area contributed by atoms with E-state index in [2.05, 4.69) is 45.4 Å². The molecule has 0 saturated heterocycles. The van der Waals surface area contributed by atoms with Crippen LogP contribution in [0.5, 0.6) is 0 Å². The molecule has 0 bridgehead atoms. The standard InChI is InChI=1S/C12H24BrI/c1-2-3-4-5-6-9-12(14)10-7-8-11-13/h12H,2-11H2,1H3. The van der Waals surface area contributed by atoms with Crippen molar-refractivity contribution < 1.29 is 0 Å². The highest BCUT2D eigenvalue weighted by atomic mass is 127. The largest absolute Gasteiger partial charge is 0.0928 e. The molecule has 0 fully saturated rings. The lowest BCUT2D eigenvalue weighted by Crippen LogP contribution is -1.97. The fourth-order valence-electron chi connectivity index (χ4n) is 1.57. The van der Waals surface area contributed by atoms with Crippen LogP contribution in [0.2, 0.25) is 0 Å². The van der Waals surface area contributed by atoms with Gasteiger partial charge < -0.3 is 0 Å². The lowest BCUT2D eigenvalue weighted by atomic mass is 10.1. The Hall–Kier alpha value is 1.21. The summed E-state index contributed by atoms with van der Waals surface area (Å²) in [6.45, 7) is 2.28. The van der Waals surface area contributed by atoms with Gasteiger partial charge in [0.15, 0.2) is 0 Å². The van der Waals surface area contributed by atoms with Crippen molar-refractivity contribution in [2.45, 2.75) is 68.6 Å². The van der Waals surface area contributed by atoms with Crippen molar-refractivity contribution in [1.82, 2.24) is 0 Å². The van der Waals surface area contributed by atoms with Gasteiger partial charge in [-0.15, -0.1) is 0 Å². The van der Waals surface area contributed by atoms with Crippen LogP contribution in [0.1, 0.15) is 64.7 Å². The van der Waals surface area contributed by atoms with Crippen molar-refractivity contribution in [2.75, 3.05) is 5.33 Å². The van der Waals surface area contributed by atoms with Crippen molar-refractivity contribution in [3.8, 4) is 0 Å². The molecule has 0 spiro atoms. The first-order valence-corrected chi connectivity index (χ1v) is 8.38. The van der Waals surface area contributed by atoms with Crippen LogP contribution in [0.3, 0.4) is 0 Å². The van der Waals surface area contributed by atoms with E-state index in [0.29, 0.717) is 0 Å². The summed E-state index contributed by atoms with van der Waals surface area (Å²) in [5, 5.41) is 1.17. The highest BCUT2D eigenvalue weighted by Crippen LogP contribution is 2.18. The number of unbranched alkanes of at least 4 members (excludes halogenated alkanes) is 5. The number of halogens is 2. The van der Waals surface area contributed by atoms with Crippen molar-refractivity contribution in [1.29, 1.82) is 0 Å². The lowest BCUT2D eigenvalue weighted by Gasteiger charge is -2.08. The van der Waals surface area contributed by atoms with Crippen molar-refractivity contribution >= 4 is 38.5 Å². The van der Waals surface area contributed by atoms with E-state index in [1.807, 2.05) is 0 Å². The zero-order chi connectivity index (χ0) is 10.6. The molecule has 0 aromatic carbocycles. The van der Waals surface area contributed by atoms with Gasteiger partial charge in [-0.05, 0) is 19.3 Å². The van der Waals surface area contributed by atoms with Gasteiger partial charge in [-0.2, -0.15) is 0 Å². The molecule has 2 heteroatoms. The van der Waals surface area contributed by atoms with E-state index in [1.54, 1.807) is 0 Å². The van der Waals surface area contributed by atoms with Gasteiger partial charge in [0.2, 0.25) is 0 Å². The predicted molar refractivity (Wildman–Crippen MR) is 78.8 cm³/mol. The SMILES string of the molecule is CCCCCCCC(I)CCCCBr. The maximum absolute atomic E-state index is 3.48. The Balaban J connectivity index is 3.06. The van der Waals surface area contributed by atoms with Gasteiger partial charge in [0.25, 0.3) is 0 Å². The third-order valence-corrected chi connectivity index (χ3v) is 4.33. The number of hydrogen-bond donors (Lipinski definition) is 0. The average molecular weight is 375 g/mol. The first kappa shape index (κ1) is 15.2. The van der Waals surface area contributed by atoms with E-state index in [9.17, 15) is 0 Å². The second-order valence-corrected chi connectivity index (χ2v) is 6.54. The summed E-state index contributed by atoms with van der Waals surface area (Å²) in [5.74, 6) is 0. The van der Waals surface area contributed by atoms with Gasteiger partial charge >= 0.3 is 0 Å². The number of hydrogen-bond acceptors (Lipinski definition) is 0. The Morgan fingerprint density at radius 2 is 1.50 bits per heavy atom. The van der Waals surface area contributed by atoms with Crippen LogP contribution in [-0.4, -0.2) is 9.25 Å². The van der Waals surface area contributed by atoms with Gasteiger partial charge in [-0.1, -0.05) is 84.0 Å². The second kappa shape index (κ2) is 12.3. The minimum Gasteiger partial charge on any atom is -0.0928 e. The van der Waals surface area contributed by atoms with Gasteiger partial charge in [0.05, 0.1) is 0 Å². The third-order valence-electron chi connectivity index (χ3n) is 2.52. The normalized spacial score (nSPS) is 13.1. The van der Waals surface area contributed by atoms with Crippen LogP contribution in [-0.2, 0) is 0 Å². The molecule has 86 valence electrons. The van der Waals surface area contributed by atoms with Crippen LogP contribution < -0.4 is 0 Å². The highest BCUT2D eigenvalue weighted by Gasteiger charge is 2.02. The topological polar surface area (TPSA) is 0 Å². The number of rotatable bonds is 10. The van der Waals surface area contributed by atoms with Crippen molar-refractivity contribution in [3.05, 3.63) is 0 Å². The Labute approximate surface area is 112 Å². The van der Waals surface area contributed by atoms with Gasteiger partial charge in [0.1, 0.15) is 0 Å². The summed E-state index contributed by atoms with van der Waals surface area (Å²) in [7, 11) is 0. The summed E-state index contributed by atoms with van der Waals surface area (Å²) in [6, 6.07) is 0. The van der Waals surface area contributed by atoms with E-state index < -0.39 is 0 Å². The van der Waals surface area contributed by atoms with Gasteiger partial charge in [-0.3, -0.25) is 0 Å². The third kappa shape index (κ3) is 11.3. The molecule has 0 aromatic heterocycles. The molecule has 0 amide bonds. The molecule has 0 N–H and O–H groups in total. The Kier molecular flexibility index (Phi) is 13.3. The zero-order valence-electron chi connectivity index (χ0n) is 9.40. The molecule has 0 saturated carbocycles. The smallest absolute Gasteiger partial charge is 0.0110 e. The molecular formula is C12H24BrI. The van der Waals surface area contributed by atoms with E-state index in [0.717, 1.165) is 3.92 Å². The molecule has 1 atom stereocenters. The second-order valence-electron chi connectivity index (χ2n) is 3.98. The van der Waals surface area contributed by atoms with Crippen LogP contribution in [0.4, 0.5) is 0 Å². The minimum absolute atomic E-state index is 0.924. The molecule has 0 rings (SSSR count). The summed E-state index contributed by atoms with van der Waals surface area (Å²) < 4.78 is 0.924. The Morgan fingerprint density at radius 3 is 2.07 bits per heavy atom. The van der Waals surface area contributed by atoms with Crippen molar-refractivity contribution in [3.63, 3.8) is 0 Å². The lowest BCUT2D eigenvalue weighted by molar-refractivity contribution is 0.581. The van der Waals surface area contributed by atoms with E-state index in [-0.39, 0.29) is 0 Å². The molecule has 0 aliphatic carbocycles. The molecule has 0 heterocycles. The minimum atomic E-state index is 0.924. The number of alkyl halides is 2. The Bertz CT molecular complexity index is 106. The van der Waals surface area contributed by atoms with Crippen LogP contribution in [0, 0.1) is 0 Å². The molecule has 14 heavy (non-hydrogen) atoms. The fraction of sp³-hybridized carbons (Fsp3) is 1.00. The Morgan fingerprint density at radius 1 is 0.929 bits per heavy atom. The quantitative estimate of drug-likeness (QED) is 0.261. The maximum atomic E-state index is 3.48. The monoisotopic (exact) mass is 374 g/mol.